The van der Waals surface area contributed by atoms with Gasteiger partial charge in [0.25, 0.3) is 0 Å². The van der Waals surface area contributed by atoms with Crippen LogP contribution < -0.4 is 14.8 Å². The maximum absolute atomic E-state index is 12.4. The third-order valence-electron chi connectivity index (χ3n) is 5.03. The van der Waals surface area contributed by atoms with Gasteiger partial charge in [-0.1, -0.05) is 0 Å². The number of carbonyl (C=O) groups excluding carboxylic acids is 2. The Morgan fingerprint density at radius 1 is 1.06 bits per heavy atom. The molecule has 0 atom stereocenters. The highest BCUT2D eigenvalue weighted by atomic mass is 32.2. The van der Waals surface area contributed by atoms with Crippen LogP contribution in [0, 0.1) is 0 Å². The summed E-state index contributed by atoms with van der Waals surface area (Å²) in [4.78, 5) is 27.6. The molecule has 2 fully saturated rings. The first-order valence-corrected chi connectivity index (χ1v) is 11.7. The second-order valence-electron chi connectivity index (χ2n) is 7.67. The molecule has 13 heteroatoms. The van der Waals surface area contributed by atoms with Crippen LogP contribution in [0.25, 0.3) is 0 Å². The van der Waals surface area contributed by atoms with E-state index in [-0.39, 0.29) is 29.7 Å². The summed E-state index contributed by atoms with van der Waals surface area (Å²) in [5.41, 5.74) is 0. The Labute approximate surface area is 183 Å². The van der Waals surface area contributed by atoms with Crippen molar-refractivity contribution >= 4 is 21.8 Å². The van der Waals surface area contributed by atoms with E-state index in [1.54, 1.807) is 4.90 Å². The van der Waals surface area contributed by atoms with Crippen LogP contribution in [0.1, 0.15) is 19.3 Å². The number of hydrogen-bond acceptors (Lipinski definition) is 6. The molecular formula is C19H25F3N4O5S. The summed E-state index contributed by atoms with van der Waals surface area (Å²) >= 11 is 0. The molecule has 178 valence electrons. The van der Waals surface area contributed by atoms with Gasteiger partial charge in [0.1, 0.15) is 5.75 Å². The first-order valence-electron chi connectivity index (χ1n) is 10.2. The number of amides is 2. The first kappa shape index (κ1) is 24.3. The second kappa shape index (κ2) is 10.0. The zero-order valence-electron chi connectivity index (χ0n) is 17.2. The zero-order chi connectivity index (χ0) is 23.4. The van der Waals surface area contributed by atoms with Gasteiger partial charge in [-0.3, -0.25) is 14.5 Å². The number of halogens is 3. The molecule has 0 radical (unpaired) electrons. The Bertz CT molecular complexity index is 912. The average molecular weight is 478 g/mol. The van der Waals surface area contributed by atoms with E-state index in [0.29, 0.717) is 38.8 Å². The molecule has 0 spiro atoms. The number of benzene rings is 1. The van der Waals surface area contributed by atoms with E-state index in [2.05, 4.69) is 14.8 Å². The third kappa shape index (κ3) is 7.64. The molecule has 0 aromatic heterocycles. The molecule has 2 amide bonds. The molecule has 0 unspecified atom stereocenters. The minimum Gasteiger partial charge on any atom is -0.406 e. The fourth-order valence-corrected chi connectivity index (χ4v) is 4.25. The Balaban J connectivity index is 1.38. The van der Waals surface area contributed by atoms with Gasteiger partial charge in [0.15, 0.2) is 0 Å². The van der Waals surface area contributed by atoms with Crippen molar-refractivity contribution in [3.63, 3.8) is 0 Å². The Kier molecular flexibility index (Phi) is 7.62. The van der Waals surface area contributed by atoms with Crippen LogP contribution in [0.3, 0.4) is 0 Å². The average Bonchev–Trinajstić information content (AvgIpc) is 3.51. The van der Waals surface area contributed by atoms with Crippen LogP contribution in [0.2, 0.25) is 0 Å². The molecule has 32 heavy (non-hydrogen) atoms. The lowest BCUT2D eigenvalue weighted by molar-refractivity contribution is -0.274. The molecule has 1 saturated heterocycles. The summed E-state index contributed by atoms with van der Waals surface area (Å²) in [6, 6.07) is 4.09. The van der Waals surface area contributed by atoms with Gasteiger partial charge in [0.05, 0.1) is 11.4 Å². The molecule has 1 aliphatic carbocycles. The van der Waals surface area contributed by atoms with E-state index in [0.717, 1.165) is 37.1 Å². The molecule has 1 aromatic carbocycles. The van der Waals surface area contributed by atoms with Crippen molar-refractivity contribution in [2.45, 2.75) is 36.6 Å². The van der Waals surface area contributed by atoms with Crippen molar-refractivity contribution in [1.82, 2.24) is 19.8 Å². The SMILES string of the molecule is O=C(CN1CCN(C(=O)CCNS(=O)(=O)c2ccc(OC(F)(F)F)cc2)CC1)NC1CC1. The van der Waals surface area contributed by atoms with Gasteiger partial charge in [0.2, 0.25) is 21.8 Å². The molecule has 2 N–H and O–H groups in total. The maximum atomic E-state index is 12.4. The molecule has 1 saturated carbocycles. The smallest absolute Gasteiger partial charge is 0.406 e. The van der Waals surface area contributed by atoms with Gasteiger partial charge >= 0.3 is 6.36 Å². The number of nitrogens with zero attached hydrogens (tertiary/aromatic N) is 2. The van der Waals surface area contributed by atoms with Crippen molar-refractivity contribution in [2.24, 2.45) is 0 Å². The van der Waals surface area contributed by atoms with E-state index in [1.165, 1.54) is 0 Å². The number of alkyl halides is 3. The van der Waals surface area contributed by atoms with Crippen LogP contribution in [0.15, 0.2) is 29.2 Å². The summed E-state index contributed by atoms with van der Waals surface area (Å²) in [5.74, 6) is -0.765. The standard InChI is InChI=1S/C19H25F3N4O5S/c20-19(21,22)31-15-3-5-16(6-4-15)32(29,30)23-8-7-18(28)26-11-9-25(10-12-26)13-17(27)24-14-1-2-14/h3-6,14,23H,1-2,7-13H2,(H,24,27). The van der Waals surface area contributed by atoms with Crippen molar-refractivity contribution in [3.05, 3.63) is 24.3 Å². The van der Waals surface area contributed by atoms with Crippen LogP contribution in [0.5, 0.6) is 5.75 Å². The molecule has 2 aliphatic rings. The number of ether oxygens (including phenoxy) is 1. The lowest BCUT2D eigenvalue weighted by Crippen LogP contribution is -2.51. The van der Waals surface area contributed by atoms with Crippen LogP contribution in [0.4, 0.5) is 13.2 Å². The number of sulfonamides is 1. The van der Waals surface area contributed by atoms with E-state index < -0.39 is 22.1 Å². The number of piperazine rings is 1. The number of rotatable bonds is 9. The number of carbonyl (C=O) groups is 2. The molecular weight excluding hydrogens is 453 g/mol. The van der Waals surface area contributed by atoms with Gasteiger partial charge in [-0.15, -0.1) is 13.2 Å². The van der Waals surface area contributed by atoms with Crippen molar-refractivity contribution in [2.75, 3.05) is 39.3 Å². The van der Waals surface area contributed by atoms with Crippen molar-refractivity contribution < 1.29 is 35.9 Å². The predicted molar refractivity (Wildman–Crippen MR) is 107 cm³/mol. The summed E-state index contributed by atoms with van der Waals surface area (Å²) in [6.45, 7) is 2.16. The highest BCUT2D eigenvalue weighted by Crippen LogP contribution is 2.23. The highest BCUT2D eigenvalue weighted by molar-refractivity contribution is 7.89. The quantitative estimate of drug-likeness (QED) is 0.541. The Hall–Kier alpha value is -2.38. The Morgan fingerprint density at radius 2 is 1.69 bits per heavy atom. The summed E-state index contributed by atoms with van der Waals surface area (Å²) in [5, 5.41) is 2.92. The Morgan fingerprint density at radius 3 is 2.25 bits per heavy atom. The van der Waals surface area contributed by atoms with Crippen LogP contribution in [-0.2, 0) is 19.6 Å². The largest absolute Gasteiger partial charge is 0.573 e. The van der Waals surface area contributed by atoms with Gasteiger partial charge < -0.3 is 15.0 Å². The molecule has 1 aliphatic heterocycles. The first-order chi connectivity index (χ1) is 15.0. The van der Waals surface area contributed by atoms with Gasteiger partial charge in [0, 0.05) is 45.2 Å². The summed E-state index contributed by atoms with van der Waals surface area (Å²) < 4.78 is 67.1. The summed E-state index contributed by atoms with van der Waals surface area (Å²) in [7, 11) is -3.98. The highest BCUT2D eigenvalue weighted by Gasteiger charge is 2.31. The lowest BCUT2D eigenvalue weighted by Gasteiger charge is -2.34. The fraction of sp³-hybridized carbons (Fsp3) is 0.579. The zero-order valence-corrected chi connectivity index (χ0v) is 18.0. The summed E-state index contributed by atoms with van der Waals surface area (Å²) in [6.07, 6.45) is -2.88. The van der Waals surface area contributed by atoms with E-state index in [4.69, 9.17) is 0 Å². The van der Waals surface area contributed by atoms with Gasteiger partial charge in [-0.05, 0) is 37.1 Å². The fourth-order valence-electron chi connectivity index (χ4n) is 3.21. The lowest BCUT2D eigenvalue weighted by atomic mass is 10.2. The molecule has 9 nitrogen and oxygen atoms in total. The number of nitrogens with one attached hydrogen (secondary N) is 2. The van der Waals surface area contributed by atoms with E-state index in [9.17, 15) is 31.2 Å². The minimum atomic E-state index is -4.87. The van der Waals surface area contributed by atoms with E-state index in [1.807, 2.05) is 4.90 Å². The minimum absolute atomic E-state index is 0.0142. The second-order valence-corrected chi connectivity index (χ2v) is 9.43. The van der Waals surface area contributed by atoms with Gasteiger partial charge in [-0.2, -0.15) is 0 Å². The maximum Gasteiger partial charge on any atom is 0.573 e. The van der Waals surface area contributed by atoms with Crippen LogP contribution >= 0.6 is 0 Å². The van der Waals surface area contributed by atoms with Crippen molar-refractivity contribution in [1.29, 1.82) is 0 Å². The van der Waals surface area contributed by atoms with Crippen LogP contribution in [-0.4, -0.2) is 81.7 Å². The molecule has 3 rings (SSSR count). The monoisotopic (exact) mass is 478 g/mol. The predicted octanol–water partition coefficient (Wildman–Crippen LogP) is 0.676. The topological polar surface area (TPSA) is 108 Å². The van der Waals surface area contributed by atoms with Crippen molar-refractivity contribution in [3.8, 4) is 5.75 Å². The molecule has 1 aromatic rings. The molecule has 1 heterocycles. The molecule has 0 bridgehead atoms. The van der Waals surface area contributed by atoms with E-state index >= 15 is 0 Å². The van der Waals surface area contributed by atoms with Gasteiger partial charge in [-0.25, -0.2) is 13.1 Å². The third-order valence-corrected chi connectivity index (χ3v) is 6.51. The normalized spacial score (nSPS) is 17.8. The number of hydrogen-bond donors (Lipinski definition) is 2.